The Hall–Kier alpha value is -3.75. The molecule has 0 spiro atoms. The van der Waals surface area contributed by atoms with Crippen molar-refractivity contribution in [2.45, 2.75) is 12.5 Å². The lowest BCUT2D eigenvalue weighted by atomic mass is 10.1. The van der Waals surface area contributed by atoms with Gasteiger partial charge in [-0.05, 0) is 31.0 Å². The maximum atomic E-state index is 9.57. The Labute approximate surface area is 168 Å². The van der Waals surface area contributed by atoms with E-state index in [1.807, 2.05) is 16.8 Å². The molecular formula is C21H20N6O2. The zero-order valence-electron chi connectivity index (χ0n) is 16.2. The minimum atomic E-state index is 0.138. The summed E-state index contributed by atoms with van der Waals surface area (Å²) in [5, 5.41) is 18.2. The first kappa shape index (κ1) is 18.6. The van der Waals surface area contributed by atoms with Crippen molar-refractivity contribution in [3.05, 3.63) is 41.2 Å². The summed E-state index contributed by atoms with van der Waals surface area (Å²) in [6.45, 7) is 1.68. The fourth-order valence-corrected chi connectivity index (χ4v) is 3.49. The second kappa shape index (κ2) is 7.70. The van der Waals surface area contributed by atoms with Gasteiger partial charge in [0.25, 0.3) is 0 Å². The Bertz CT molecular complexity index is 1150. The van der Waals surface area contributed by atoms with E-state index in [1.165, 1.54) is 6.20 Å². The highest BCUT2D eigenvalue weighted by atomic mass is 16.5. The highest BCUT2D eigenvalue weighted by Gasteiger charge is 2.24. The van der Waals surface area contributed by atoms with Crippen LogP contribution >= 0.6 is 0 Å². The lowest BCUT2D eigenvalue weighted by molar-refractivity contribution is 0.394. The van der Waals surface area contributed by atoms with Crippen LogP contribution in [0.3, 0.4) is 0 Å². The lowest BCUT2D eigenvalue weighted by Crippen LogP contribution is -2.15. The van der Waals surface area contributed by atoms with Crippen LogP contribution in [-0.4, -0.2) is 42.1 Å². The van der Waals surface area contributed by atoms with Crippen LogP contribution in [0.2, 0.25) is 0 Å². The van der Waals surface area contributed by atoms with Crippen LogP contribution in [0, 0.1) is 23.2 Å². The number of hydrogen-bond acceptors (Lipinski definition) is 7. The summed E-state index contributed by atoms with van der Waals surface area (Å²) in [5.74, 6) is 7.81. The van der Waals surface area contributed by atoms with Crippen LogP contribution in [-0.2, 0) is 0 Å². The molecule has 146 valence electrons. The van der Waals surface area contributed by atoms with E-state index in [4.69, 9.17) is 20.3 Å². The van der Waals surface area contributed by atoms with Gasteiger partial charge in [0.05, 0.1) is 36.7 Å². The van der Waals surface area contributed by atoms with Crippen molar-refractivity contribution in [2.24, 2.45) is 0 Å². The molecule has 3 heterocycles. The van der Waals surface area contributed by atoms with E-state index in [0.717, 1.165) is 25.1 Å². The fourth-order valence-electron chi connectivity index (χ4n) is 3.49. The summed E-state index contributed by atoms with van der Waals surface area (Å²) >= 11 is 0. The van der Waals surface area contributed by atoms with Gasteiger partial charge >= 0.3 is 0 Å². The van der Waals surface area contributed by atoms with E-state index in [1.54, 1.807) is 20.3 Å². The van der Waals surface area contributed by atoms with Gasteiger partial charge in [0, 0.05) is 24.4 Å². The number of nitrogens with one attached hydrogen (secondary N) is 1. The SMILES string of the molecule is COc1cc(C#Cc2nn(C3CCNC3)c3c(C#N)cnc(N)c23)cc(OC)c1. The minimum absolute atomic E-state index is 0.138. The number of hydrogen-bond donors (Lipinski definition) is 2. The Morgan fingerprint density at radius 1 is 1.21 bits per heavy atom. The number of benzene rings is 1. The largest absolute Gasteiger partial charge is 0.497 e. The number of anilines is 1. The van der Waals surface area contributed by atoms with Crippen molar-refractivity contribution < 1.29 is 9.47 Å². The van der Waals surface area contributed by atoms with Gasteiger partial charge in [0.15, 0.2) is 0 Å². The molecule has 1 unspecified atom stereocenters. The van der Waals surface area contributed by atoms with Crippen LogP contribution < -0.4 is 20.5 Å². The molecule has 2 aromatic heterocycles. The molecule has 0 amide bonds. The maximum Gasteiger partial charge on any atom is 0.147 e. The van der Waals surface area contributed by atoms with Crippen molar-refractivity contribution in [2.75, 3.05) is 33.0 Å². The summed E-state index contributed by atoms with van der Waals surface area (Å²) in [4.78, 5) is 4.17. The summed E-state index contributed by atoms with van der Waals surface area (Å²) in [7, 11) is 3.18. The summed E-state index contributed by atoms with van der Waals surface area (Å²) in [6.07, 6.45) is 2.41. The normalized spacial score (nSPS) is 15.6. The molecule has 0 aliphatic carbocycles. The highest BCUT2D eigenvalue weighted by Crippen LogP contribution is 2.30. The van der Waals surface area contributed by atoms with E-state index < -0.39 is 0 Å². The molecule has 1 aliphatic rings. The molecular weight excluding hydrogens is 368 g/mol. The fraction of sp³-hybridized carbons (Fsp3) is 0.286. The number of pyridine rings is 1. The number of methoxy groups -OCH3 is 2. The van der Waals surface area contributed by atoms with E-state index in [-0.39, 0.29) is 6.04 Å². The van der Waals surface area contributed by atoms with Gasteiger partial charge in [-0.2, -0.15) is 10.4 Å². The minimum Gasteiger partial charge on any atom is -0.497 e. The number of nitrogens with zero attached hydrogens (tertiary/aromatic N) is 4. The molecule has 4 rings (SSSR count). The number of rotatable bonds is 3. The second-order valence-corrected chi connectivity index (χ2v) is 6.68. The van der Waals surface area contributed by atoms with E-state index in [2.05, 4.69) is 28.2 Å². The average molecular weight is 388 g/mol. The van der Waals surface area contributed by atoms with E-state index in [9.17, 15) is 5.26 Å². The van der Waals surface area contributed by atoms with Crippen molar-refractivity contribution >= 4 is 16.7 Å². The third-order valence-corrected chi connectivity index (χ3v) is 4.93. The molecule has 0 saturated carbocycles. The Kier molecular flexibility index (Phi) is 4.94. The smallest absolute Gasteiger partial charge is 0.147 e. The van der Waals surface area contributed by atoms with Crippen LogP contribution in [0.25, 0.3) is 10.9 Å². The first-order valence-corrected chi connectivity index (χ1v) is 9.17. The lowest BCUT2D eigenvalue weighted by Gasteiger charge is -2.11. The number of nitrogens with two attached hydrogens (primary N) is 1. The zero-order valence-corrected chi connectivity index (χ0v) is 16.2. The van der Waals surface area contributed by atoms with E-state index >= 15 is 0 Å². The first-order valence-electron chi connectivity index (χ1n) is 9.17. The molecule has 1 atom stereocenters. The number of fused-ring (bicyclic) bond motifs is 1. The third kappa shape index (κ3) is 3.42. The van der Waals surface area contributed by atoms with Crippen molar-refractivity contribution in [1.82, 2.24) is 20.1 Å². The number of aromatic nitrogens is 3. The quantitative estimate of drug-likeness (QED) is 0.659. The molecule has 8 nitrogen and oxygen atoms in total. The Balaban J connectivity index is 1.88. The van der Waals surface area contributed by atoms with Gasteiger partial charge in [-0.25, -0.2) is 4.98 Å². The van der Waals surface area contributed by atoms with Crippen molar-refractivity contribution in [3.63, 3.8) is 0 Å². The molecule has 3 N–H and O–H groups in total. The highest BCUT2D eigenvalue weighted by molar-refractivity contribution is 5.96. The monoisotopic (exact) mass is 388 g/mol. The van der Waals surface area contributed by atoms with Gasteiger partial charge in [-0.15, -0.1) is 0 Å². The van der Waals surface area contributed by atoms with Gasteiger partial charge in [0.1, 0.15) is 29.1 Å². The zero-order chi connectivity index (χ0) is 20.4. The standard InChI is InChI=1S/C21H20N6O2/c1-28-16-7-13(8-17(9-16)29-2)3-4-18-19-20(14(10-22)11-25-21(19)23)27(26-18)15-5-6-24-12-15/h7-9,11,15,24H,5-6,12H2,1-2H3,(H2,23,25). The first-order chi connectivity index (χ1) is 14.1. The average Bonchev–Trinajstić information content (AvgIpc) is 3.40. The summed E-state index contributed by atoms with van der Waals surface area (Å²) in [6, 6.07) is 7.75. The summed E-state index contributed by atoms with van der Waals surface area (Å²) < 4.78 is 12.5. The maximum absolute atomic E-state index is 9.57. The predicted molar refractivity (Wildman–Crippen MR) is 109 cm³/mol. The Morgan fingerprint density at radius 3 is 2.59 bits per heavy atom. The molecule has 0 bridgehead atoms. The van der Waals surface area contributed by atoms with Gasteiger partial charge in [0.2, 0.25) is 0 Å². The molecule has 1 aliphatic heterocycles. The second-order valence-electron chi connectivity index (χ2n) is 6.68. The van der Waals surface area contributed by atoms with E-state index in [0.29, 0.717) is 39.5 Å². The Morgan fingerprint density at radius 2 is 1.97 bits per heavy atom. The van der Waals surface area contributed by atoms with Crippen molar-refractivity contribution in [3.8, 4) is 29.4 Å². The van der Waals surface area contributed by atoms with Crippen LogP contribution in [0.4, 0.5) is 5.82 Å². The molecule has 3 aromatic rings. The van der Waals surface area contributed by atoms with Gasteiger partial charge in [-0.3, -0.25) is 4.68 Å². The molecule has 29 heavy (non-hydrogen) atoms. The third-order valence-electron chi connectivity index (χ3n) is 4.93. The number of nitriles is 1. The number of ether oxygens (including phenoxy) is 2. The van der Waals surface area contributed by atoms with Crippen LogP contribution in [0.5, 0.6) is 11.5 Å². The van der Waals surface area contributed by atoms with Crippen molar-refractivity contribution in [1.29, 1.82) is 5.26 Å². The molecule has 1 saturated heterocycles. The van der Waals surface area contributed by atoms with Gasteiger partial charge in [-0.1, -0.05) is 5.92 Å². The summed E-state index contributed by atoms with van der Waals surface area (Å²) in [5.41, 5.74) is 8.49. The van der Waals surface area contributed by atoms with Crippen LogP contribution in [0.15, 0.2) is 24.4 Å². The van der Waals surface area contributed by atoms with Crippen LogP contribution in [0.1, 0.15) is 29.3 Å². The molecule has 0 radical (unpaired) electrons. The molecule has 8 heteroatoms. The number of nitrogen functional groups attached to an aromatic ring is 1. The molecule has 1 fully saturated rings. The topological polar surface area (TPSA) is 111 Å². The van der Waals surface area contributed by atoms with Gasteiger partial charge < -0.3 is 20.5 Å². The molecule has 1 aromatic carbocycles. The predicted octanol–water partition coefficient (Wildman–Crippen LogP) is 1.84.